The second-order valence-corrected chi connectivity index (χ2v) is 16.3. The van der Waals surface area contributed by atoms with E-state index in [1.54, 1.807) is 86.0 Å². The van der Waals surface area contributed by atoms with E-state index in [1.165, 1.54) is 12.1 Å². The summed E-state index contributed by atoms with van der Waals surface area (Å²) in [5.74, 6) is -0.836. The maximum absolute atomic E-state index is 15.2. The Labute approximate surface area is 324 Å². The fourth-order valence-electron chi connectivity index (χ4n) is 6.92. The van der Waals surface area contributed by atoms with Crippen molar-refractivity contribution in [2.75, 3.05) is 20.3 Å². The van der Waals surface area contributed by atoms with Gasteiger partial charge in [-0.2, -0.15) is 0 Å². The first-order valence-electron chi connectivity index (χ1n) is 18.5. The van der Waals surface area contributed by atoms with Crippen molar-refractivity contribution in [3.63, 3.8) is 0 Å². The standard InChI is InChI=1S/C45H50O9S/c1-4-15-39-20-14-21-40(53-39)28-34(2)29-45(55(48,49)42-22-12-7-13-23-42,33-52-43(46)36-16-8-5-9-17-36)30-41(54-44(47)37-18-10-6-11-19-37)32-51-31-35-24-26-38(50-3)27-25-35/h4-14,16-20,22-27,34,39-41H,1,15,21,28-33H2,2-3H3/t34-,39-,40+,41+,45+/m1/s1. The topological polar surface area (TPSA) is 114 Å². The van der Waals surface area contributed by atoms with E-state index < -0.39 is 39.2 Å². The van der Waals surface area contributed by atoms with Gasteiger partial charge in [-0.25, -0.2) is 18.0 Å². The van der Waals surface area contributed by atoms with Gasteiger partial charge in [0.1, 0.15) is 23.2 Å². The van der Waals surface area contributed by atoms with Crippen LogP contribution in [0.2, 0.25) is 0 Å². The van der Waals surface area contributed by atoms with Crippen LogP contribution in [0.25, 0.3) is 0 Å². The van der Waals surface area contributed by atoms with Gasteiger partial charge in [0.05, 0.1) is 48.6 Å². The zero-order valence-corrected chi connectivity index (χ0v) is 32.3. The number of rotatable bonds is 20. The molecule has 1 aliphatic heterocycles. The molecule has 1 heterocycles. The largest absolute Gasteiger partial charge is 0.497 e. The van der Waals surface area contributed by atoms with Crippen molar-refractivity contribution in [2.24, 2.45) is 5.92 Å². The summed E-state index contributed by atoms with van der Waals surface area (Å²) < 4.78 is 58.5. The third-order valence-corrected chi connectivity index (χ3v) is 12.1. The van der Waals surface area contributed by atoms with Gasteiger partial charge in [0.25, 0.3) is 0 Å². The van der Waals surface area contributed by atoms with Gasteiger partial charge in [0.2, 0.25) is 0 Å². The highest BCUT2D eigenvalue weighted by Crippen LogP contribution is 2.39. The molecule has 0 bridgehead atoms. The van der Waals surface area contributed by atoms with Crippen LogP contribution in [0.1, 0.15) is 65.3 Å². The highest BCUT2D eigenvalue weighted by Gasteiger charge is 2.49. The fraction of sp³-hybridized carbons (Fsp3) is 0.333. The second kappa shape index (κ2) is 20.0. The molecule has 4 aromatic rings. The smallest absolute Gasteiger partial charge is 0.338 e. The van der Waals surface area contributed by atoms with Gasteiger partial charge in [0, 0.05) is 6.42 Å². The van der Waals surface area contributed by atoms with E-state index in [2.05, 4.69) is 12.7 Å². The molecule has 0 N–H and O–H groups in total. The molecule has 0 radical (unpaired) electrons. The minimum atomic E-state index is -4.28. The molecule has 0 saturated carbocycles. The number of methoxy groups -OCH3 is 1. The number of hydrogen-bond acceptors (Lipinski definition) is 9. The first-order valence-corrected chi connectivity index (χ1v) is 20.0. The van der Waals surface area contributed by atoms with Crippen LogP contribution < -0.4 is 4.74 Å². The van der Waals surface area contributed by atoms with Gasteiger partial charge in [0.15, 0.2) is 9.84 Å². The van der Waals surface area contributed by atoms with Crippen LogP contribution in [0, 0.1) is 5.92 Å². The molecule has 5 rings (SSSR count). The molecule has 5 atom stereocenters. The number of carbonyl (C=O) groups is 2. The number of sulfone groups is 1. The number of carbonyl (C=O) groups excluding carboxylic acids is 2. The van der Waals surface area contributed by atoms with Gasteiger partial charge >= 0.3 is 11.9 Å². The molecule has 290 valence electrons. The van der Waals surface area contributed by atoms with E-state index in [4.69, 9.17) is 23.7 Å². The summed E-state index contributed by atoms with van der Waals surface area (Å²) in [6.07, 6.45) is 6.32. The van der Waals surface area contributed by atoms with E-state index in [-0.39, 0.29) is 54.6 Å². The SMILES string of the molecule is C=CC[C@@H]1C=CC[C@@H](C[C@@H](C)C[C@@](COC(=O)c2ccccc2)(C[C@@H](COCc2ccc(OC)cc2)OC(=O)c2ccccc2)S(=O)(=O)c2ccccc2)O1. The third-order valence-electron chi connectivity index (χ3n) is 9.62. The Kier molecular flexibility index (Phi) is 15.0. The fourth-order valence-corrected chi connectivity index (χ4v) is 9.06. The van der Waals surface area contributed by atoms with Crippen molar-refractivity contribution in [3.8, 4) is 5.75 Å². The summed E-state index contributed by atoms with van der Waals surface area (Å²) in [4.78, 5) is 27.2. The molecule has 0 aliphatic carbocycles. The number of esters is 2. The van der Waals surface area contributed by atoms with Gasteiger partial charge in [-0.1, -0.05) is 91.9 Å². The van der Waals surface area contributed by atoms with E-state index >= 15 is 8.42 Å². The van der Waals surface area contributed by atoms with Crippen LogP contribution in [-0.2, 0) is 35.4 Å². The Hall–Kier alpha value is -5.03. The molecule has 9 nitrogen and oxygen atoms in total. The number of hydrogen-bond donors (Lipinski definition) is 0. The summed E-state index contributed by atoms with van der Waals surface area (Å²) in [6.45, 7) is 5.36. The average Bonchev–Trinajstić information content (AvgIpc) is 3.21. The molecule has 10 heteroatoms. The normalized spacial score (nSPS) is 17.6. The number of benzene rings is 4. The Balaban J connectivity index is 1.52. The Morgan fingerprint density at radius 2 is 1.49 bits per heavy atom. The van der Waals surface area contributed by atoms with Gasteiger partial charge in [-0.3, -0.25) is 0 Å². The predicted molar refractivity (Wildman–Crippen MR) is 212 cm³/mol. The number of ether oxygens (including phenoxy) is 5. The first-order chi connectivity index (χ1) is 26.6. The molecule has 55 heavy (non-hydrogen) atoms. The maximum atomic E-state index is 15.2. The summed E-state index contributed by atoms with van der Waals surface area (Å²) >= 11 is 0. The molecule has 1 aliphatic rings. The molecular weight excluding hydrogens is 717 g/mol. The third kappa shape index (κ3) is 11.5. The molecular formula is C45H50O9S. The predicted octanol–water partition coefficient (Wildman–Crippen LogP) is 8.60. The monoisotopic (exact) mass is 766 g/mol. The molecule has 0 unspecified atom stereocenters. The van der Waals surface area contributed by atoms with Crippen LogP contribution in [0.15, 0.2) is 145 Å². The lowest BCUT2D eigenvalue weighted by molar-refractivity contribution is -0.0227. The molecule has 0 fully saturated rings. The zero-order valence-electron chi connectivity index (χ0n) is 31.5. The van der Waals surface area contributed by atoms with E-state index in [1.807, 2.05) is 43.3 Å². The van der Waals surface area contributed by atoms with Crippen molar-refractivity contribution >= 4 is 21.8 Å². The quantitative estimate of drug-likeness (QED) is 0.0645. The van der Waals surface area contributed by atoms with Gasteiger partial charge in [-0.15, -0.1) is 6.58 Å². The Bertz CT molecular complexity index is 1950. The molecule has 0 spiro atoms. The van der Waals surface area contributed by atoms with Crippen LogP contribution in [0.4, 0.5) is 0 Å². The second-order valence-electron chi connectivity index (χ2n) is 13.9. The highest BCUT2D eigenvalue weighted by atomic mass is 32.2. The molecule has 0 aromatic heterocycles. The van der Waals surface area contributed by atoms with Crippen molar-refractivity contribution in [3.05, 3.63) is 157 Å². The van der Waals surface area contributed by atoms with E-state index in [0.29, 0.717) is 30.6 Å². The van der Waals surface area contributed by atoms with Gasteiger partial charge < -0.3 is 23.7 Å². The van der Waals surface area contributed by atoms with Crippen molar-refractivity contribution in [2.45, 2.75) is 73.6 Å². The first kappa shape index (κ1) is 41.1. The maximum Gasteiger partial charge on any atom is 0.338 e. The highest BCUT2D eigenvalue weighted by molar-refractivity contribution is 7.92. The summed E-state index contributed by atoms with van der Waals surface area (Å²) in [5, 5.41) is 0. The molecule has 4 aromatic carbocycles. The minimum Gasteiger partial charge on any atom is -0.497 e. The van der Waals surface area contributed by atoms with Crippen LogP contribution in [-0.4, -0.2) is 63.7 Å². The van der Waals surface area contributed by atoms with Crippen molar-refractivity contribution < 1.29 is 41.7 Å². The minimum absolute atomic E-state index is 0.0631. The van der Waals surface area contributed by atoms with Crippen molar-refractivity contribution in [1.29, 1.82) is 0 Å². The van der Waals surface area contributed by atoms with E-state index in [9.17, 15) is 9.59 Å². The van der Waals surface area contributed by atoms with E-state index in [0.717, 1.165) is 5.56 Å². The summed E-state index contributed by atoms with van der Waals surface area (Å²) in [7, 11) is -2.70. The Morgan fingerprint density at radius 1 is 0.873 bits per heavy atom. The average molecular weight is 767 g/mol. The summed E-state index contributed by atoms with van der Waals surface area (Å²) in [6, 6.07) is 32.4. The zero-order chi connectivity index (χ0) is 39.1. The van der Waals surface area contributed by atoms with Crippen LogP contribution >= 0.6 is 0 Å². The van der Waals surface area contributed by atoms with Crippen LogP contribution in [0.5, 0.6) is 5.75 Å². The van der Waals surface area contributed by atoms with Crippen LogP contribution in [0.3, 0.4) is 0 Å². The Morgan fingerprint density at radius 3 is 2.11 bits per heavy atom. The van der Waals surface area contributed by atoms with Gasteiger partial charge in [-0.05, 0) is 85.7 Å². The lowest BCUT2D eigenvalue weighted by atomic mass is 9.86. The van der Waals surface area contributed by atoms with Crippen molar-refractivity contribution in [1.82, 2.24) is 0 Å². The molecule has 0 saturated heterocycles. The summed E-state index contributed by atoms with van der Waals surface area (Å²) in [5.41, 5.74) is 1.44. The lowest BCUT2D eigenvalue weighted by Gasteiger charge is -2.38. The molecule has 0 amide bonds. The lowest BCUT2D eigenvalue weighted by Crippen LogP contribution is -2.49.